The van der Waals surface area contributed by atoms with Gasteiger partial charge in [0.15, 0.2) is 0 Å². The predicted molar refractivity (Wildman–Crippen MR) is 99.5 cm³/mol. The number of carbonyl (C=O) groups is 1. The first kappa shape index (κ1) is 20.2. The molecule has 1 N–H and O–H groups in total. The maximum Gasteiger partial charge on any atom is 0.416 e. The average Bonchev–Trinajstić information content (AvgIpc) is 2.68. The summed E-state index contributed by atoms with van der Waals surface area (Å²) >= 11 is 0. The Balaban J connectivity index is 1.42. The highest BCUT2D eigenvalue weighted by molar-refractivity contribution is 5.89. The van der Waals surface area contributed by atoms with E-state index in [1.54, 1.807) is 4.90 Å². The minimum absolute atomic E-state index is 0.201. The number of hydrogen-bond donors (Lipinski definition) is 1. The van der Waals surface area contributed by atoms with Crippen molar-refractivity contribution in [2.75, 3.05) is 18.4 Å². The summed E-state index contributed by atoms with van der Waals surface area (Å²) in [7, 11) is 0. The van der Waals surface area contributed by atoms with E-state index in [1.165, 1.54) is 36.4 Å². The fourth-order valence-corrected chi connectivity index (χ4v) is 3.39. The van der Waals surface area contributed by atoms with Gasteiger partial charge in [0, 0.05) is 18.8 Å². The number of carbonyl (C=O) groups excluding carboxylic acids is 1. The summed E-state index contributed by atoms with van der Waals surface area (Å²) < 4.78 is 50.7. The normalized spacial score (nSPS) is 15.5. The summed E-state index contributed by atoms with van der Waals surface area (Å²) in [6.45, 7) is 1.26. The third kappa shape index (κ3) is 5.47. The Labute approximate surface area is 161 Å². The molecule has 0 bridgehead atoms. The van der Waals surface area contributed by atoms with Gasteiger partial charge in [-0.15, -0.1) is 0 Å². The standard InChI is InChI=1S/C21H22F4N2O/c22-18-7-9-19(10-8-18)26-20(28)27-13-11-16(12-14-27)2-1-15-3-5-17(6-4-15)21(23,24)25/h3-10,16H,1-2,11-14H2,(H,26,28). The number of aryl methyl sites for hydroxylation is 1. The summed E-state index contributed by atoms with van der Waals surface area (Å²) in [6.07, 6.45) is -0.974. The number of halogens is 4. The second-order valence-corrected chi connectivity index (χ2v) is 7.10. The van der Waals surface area contributed by atoms with Gasteiger partial charge in [0.2, 0.25) is 0 Å². The average molecular weight is 394 g/mol. The number of piperidine rings is 1. The zero-order valence-electron chi connectivity index (χ0n) is 15.3. The van der Waals surface area contributed by atoms with Gasteiger partial charge in [-0.1, -0.05) is 12.1 Å². The number of hydrogen-bond acceptors (Lipinski definition) is 1. The fraction of sp³-hybridized carbons (Fsp3) is 0.381. The van der Waals surface area contributed by atoms with Crippen molar-refractivity contribution < 1.29 is 22.4 Å². The predicted octanol–water partition coefficient (Wildman–Crippen LogP) is 5.72. The van der Waals surface area contributed by atoms with Crippen LogP contribution < -0.4 is 5.32 Å². The third-order valence-electron chi connectivity index (χ3n) is 5.12. The van der Waals surface area contributed by atoms with Crippen molar-refractivity contribution in [2.24, 2.45) is 5.92 Å². The first-order valence-electron chi connectivity index (χ1n) is 9.29. The number of nitrogens with one attached hydrogen (secondary N) is 1. The lowest BCUT2D eigenvalue weighted by molar-refractivity contribution is -0.137. The maximum absolute atomic E-state index is 12.9. The number of alkyl halides is 3. The van der Waals surface area contributed by atoms with Crippen molar-refractivity contribution in [3.8, 4) is 0 Å². The number of benzene rings is 2. The van der Waals surface area contributed by atoms with Gasteiger partial charge in [-0.2, -0.15) is 13.2 Å². The minimum atomic E-state index is -4.31. The lowest BCUT2D eigenvalue weighted by atomic mass is 9.90. The van der Waals surface area contributed by atoms with Crippen LogP contribution in [0.4, 0.5) is 28.0 Å². The fourth-order valence-electron chi connectivity index (χ4n) is 3.39. The van der Waals surface area contributed by atoms with Crippen LogP contribution in [0.25, 0.3) is 0 Å². The number of urea groups is 1. The zero-order chi connectivity index (χ0) is 20.1. The van der Waals surface area contributed by atoms with Crippen LogP contribution in [0.1, 0.15) is 30.4 Å². The molecule has 1 fully saturated rings. The molecule has 1 heterocycles. The highest BCUT2D eigenvalue weighted by Gasteiger charge is 2.30. The summed E-state index contributed by atoms with van der Waals surface area (Å²) in [4.78, 5) is 14.0. The van der Waals surface area contributed by atoms with Crippen molar-refractivity contribution in [3.05, 3.63) is 65.5 Å². The highest BCUT2D eigenvalue weighted by atomic mass is 19.4. The molecule has 0 unspecified atom stereocenters. The molecule has 1 aliphatic rings. The minimum Gasteiger partial charge on any atom is -0.325 e. The van der Waals surface area contributed by atoms with Gasteiger partial charge in [-0.25, -0.2) is 9.18 Å². The summed E-state index contributed by atoms with van der Waals surface area (Å²) in [6, 6.07) is 10.7. The van der Waals surface area contributed by atoms with Gasteiger partial charge in [0.05, 0.1) is 5.56 Å². The van der Waals surface area contributed by atoms with Crippen molar-refractivity contribution in [1.29, 1.82) is 0 Å². The lowest BCUT2D eigenvalue weighted by Crippen LogP contribution is -2.41. The molecule has 0 spiro atoms. The Bertz CT molecular complexity index is 780. The molecule has 0 atom stereocenters. The van der Waals surface area contributed by atoms with Crippen LogP contribution in [0.2, 0.25) is 0 Å². The van der Waals surface area contributed by atoms with Gasteiger partial charge >= 0.3 is 12.2 Å². The van der Waals surface area contributed by atoms with E-state index >= 15 is 0 Å². The van der Waals surface area contributed by atoms with E-state index in [4.69, 9.17) is 0 Å². The molecular formula is C21H22F4N2O. The smallest absolute Gasteiger partial charge is 0.325 e. The molecule has 0 aromatic heterocycles. The molecule has 0 radical (unpaired) electrons. The molecule has 2 aromatic rings. The van der Waals surface area contributed by atoms with Crippen LogP contribution in [-0.2, 0) is 12.6 Å². The second kappa shape index (κ2) is 8.63. The molecule has 3 nitrogen and oxygen atoms in total. The van der Waals surface area contributed by atoms with Crippen molar-refractivity contribution in [2.45, 2.75) is 31.9 Å². The van der Waals surface area contributed by atoms with E-state index in [1.807, 2.05) is 0 Å². The second-order valence-electron chi connectivity index (χ2n) is 7.10. The Hall–Kier alpha value is -2.57. The molecule has 2 amide bonds. The van der Waals surface area contributed by atoms with E-state index < -0.39 is 11.7 Å². The van der Waals surface area contributed by atoms with E-state index in [-0.39, 0.29) is 11.8 Å². The summed E-state index contributed by atoms with van der Waals surface area (Å²) in [5, 5.41) is 2.76. The Kier molecular flexibility index (Phi) is 6.21. The number of rotatable bonds is 4. The van der Waals surface area contributed by atoms with Crippen LogP contribution in [-0.4, -0.2) is 24.0 Å². The molecule has 1 saturated heterocycles. The van der Waals surface area contributed by atoms with E-state index in [0.717, 1.165) is 43.4 Å². The van der Waals surface area contributed by atoms with Crippen LogP contribution in [0.3, 0.4) is 0 Å². The topological polar surface area (TPSA) is 32.3 Å². The van der Waals surface area contributed by atoms with E-state index in [2.05, 4.69) is 5.32 Å². The van der Waals surface area contributed by atoms with Crippen molar-refractivity contribution in [3.63, 3.8) is 0 Å². The molecule has 0 saturated carbocycles. The largest absolute Gasteiger partial charge is 0.416 e. The molecule has 0 aliphatic carbocycles. The van der Waals surface area contributed by atoms with Gasteiger partial charge < -0.3 is 10.2 Å². The van der Waals surface area contributed by atoms with Crippen molar-refractivity contribution in [1.82, 2.24) is 4.90 Å². The number of likely N-dealkylation sites (tertiary alicyclic amines) is 1. The lowest BCUT2D eigenvalue weighted by Gasteiger charge is -2.32. The number of nitrogens with zero attached hydrogens (tertiary/aromatic N) is 1. The van der Waals surface area contributed by atoms with Crippen molar-refractivity contribution >= 4 is 11.7 Å². The molecule has 3 rings (SSSR count). The molecule has 28 heavy (non-hydrogen) atoms. The number of anilines is 1. The maximum atomic E-state index is 12.9. The Morgan fingerprint density at radius 1 is 1.00 bits per heavy atom. The van der Waals surface area contributed by atoms with Crippen LogP contribution in [0.15, 0.2) is 48.5 Å². The van der Waals surface area contributed by atoms with Gasteiger partial charge in [0.25, 0.3) is 0 Å². The quantitative estimate of drug-likeness (QED) is 0.661. The molecule has 1 aliphatic heterocycles. The first-order chi connectivity index (χ1) is 13.3. The molecule has 2 aromatic carbocycles. The SMILES string of the molecule is O=C(Nc1ccc(F)cc1)N1CCC(CCc2ccc(C(F)(F)F)cc2)CC1. The van der Waals surface area contributed by atoms with Crippen LogP contribution in [0, 0.1) is 11.7 Å². The molecular weight excluding hydrogens is 372 g/mol. The van der Waals surface area contributed by atoms with Gasteiger partial charge in [0.1, 0.15) is 5.82 Å². The zero-order valence-corrected chi connectivity index (χ0v) is 15.3. The Morgan fingerprint density at radius 2 is 1.61 bits per heavy atom. The number of amides is 2. The van der Waals surface area contributed by atoms with E-state index in [0.29, 0.717) is 24.7 Å². The monoisotopic (exact) mass is 394 g/mol. The summed E-state index contributed by atoms with van der Waals surface area (Å²) in [5.74, 6) is 0.0871. The third-order valence-corrected chi connectivity index (χ3v) is 5.12. The Morgan fingerprint density at radius 3 is 2.18 bits per heavy atom. The molecule has 7 heteroatoms. The summed E-state index contributed by atoms with van der Waals surface area (Å²) in [5.41, 5.74) is 0.817. The highest BCUT2D eigenvalue weighted by Crippen LogP contribution is 2.30. The van der Waals surface area contributed by atoms with Gasteiger partial charge in [-0.05, 0) is 73.6 Å². The van der Waals surface area contributed by atoms with E-state index in [9.17, 15) is 22.4 Å². The van der Waals surface area contributed by atoms with Crippen LogP contribution >= 0.6 is 0 Å². The van der Waals surface area contributed by atoms with Gasteiger partial charge in [-0.3, -0.25) is 0 Å². The first-order valence-corrected chi connectivity index (χ1v) is 9.29. The van der Waals surface area contributed by atoms with Crippen LogP contribution in [0.5, 0.6) is 0 Å². The molecule has 150 valence electrons.